The Morgan fingerprint density at radius 1 is 1.09 bits per heavy atom. The molecule has 188 valence electrons. The van der Waals surface area contributed by atoms with Gasteiger partial charge in [0.2, 0.25) is 5.91 Å². The number of nitrogens with one attached hydrogen (secondary N) is 2. The molecular weight excluding hydrogens is 438 g/mol. The lowest BCUT2D eigenvalue weighted by Crippen LogP contribution is -2.51. The highest BCUT2D eigenvalue weighted by Gasteiger charge is 2.49. The highest BCUT2D eigenvalue weighted by Crippen LogP contribution is 2.49. The van der Waals surface area contributed by atoms with Crippen LogP contribution in [0.5, 0.6) is 0 Å². The number of hydrogen-bond donors (Lipinski definition) is 2. The summed E-state index contributed by atoms with van der Waals surface area (Å²) in [6.07, 6.45) is 14.1. The highest BCUT2D eigenvalue weighted by atomic mass is 16.6. The summed E-state index contributed by atoms with van der Waals surface area (Å²) < 4.78 is 5.51. The maximum atomic E-state index is 14.1. The first-order valence-corrected chi connectivity index (χ1v) is 13.3. The SMILES string of the molecule is CC(C)(C)OC(=O)N[C@@H]1CCCC[C@@H]1C(=O)N1CC[C@@H]2[C@H](C3C=CC=CC3)Nc3ccccc3[C@@H]21. The quantitative estimate of drug-likeness (QED) is 0.596. The van der Waals surface area contributed by atoms with Crippen molar-refractivity contribution >= 4 is 17.7 Å². The lowest BCUT2D eigenvalue weighted by atomic mass is 9.75. The standard InChI is InChI=1S/C29H39N3O3/c1-29(2,3)35-28(34)31-24-16-10-8-14-21(24)27(33)32-18-17-22-25(19-11-5-4-6-12-19)30-23-15-9-7-13-20(23)26(22)32/h4-7,9,11,13,15,19,21-22,24-26,30H,8,10,12,14,16-18H2,1-3H3,(H,31,34)/t19?,21-,22+,24+,25-,26-/m0/s1. The number of fused-ring (bicyclic) bond motifs is 3. The van der Waals surface area contributed by atoms with Crippen molar-refractivity contribution in [2.24, 2.45) is 17.8 Å². The molecule has 0 aromatic heterocycles. The fourth-order valence-electron chi connectivity index (χ4n) is 6.57. The number of anilines is 1. The number of ether oxygens (including phenoxy) is 1. The topological polar surface area (TPSA) is 70.7 Å². The number of hydrogen-bond acceptors (Lipinski definition) is 4. The van der Waals surface area contributed by atoms with Crippen LogP contribution < -0.4 is 10.6 Å². The summed E-state index contributed by atoms with van der Waals surface area (Å²) in [5.41, 5.74) is 1.81. The summed E-state index contributed by atoms with van der Waals surface area (Å²) in [7, 11) is 0. The number of carbonyl (C=O) groups excluding carboxylic acids is 2. The van der Waals surface area contributed by atoms with Gasteiger partial charge in [-0.05, 0) is 58.1 Å². The molecular formula is C29H39N3O3. The number of para-hydroxylation sites is 1. The van der Waals surface area contributed by atoms with Gasteiger partial charge in [-0.15, -0.1) is 0 Å². The Morgan fingerprint density at radius 3 is 2.66 bits per heavy atom. The molecule has 1 aromatic carbocycles. The van der Waals surface area contributed by atoms with Crippen LogP contribution in [0, 0.1) is 17.8 Å². The maximum absolute atomic E-state index is 14.1. The smallest absolute Gasteiger partial charge is 0.407 e. The van der Waals surface area contributed by atoms with E-state index in [1.165, 1.54) is 5.56 Å². The van der Waals surface area contributed by atoms with E-state index in [1.54, 1.807) is 0 Å². The Bertz CT molecular complexity index is 1010. The number of alkyl carbamates (subject to hydrolysis) is 1. The summed E-state index contributed by atoms with van der Waals surface area (Å²) in [6.45, 7) is 6.36. The molecule has 2 amide bonds. The number of allylic oxidation sites excluding steroid dienone is 3. The van der Waals surface area contributed by atoms with Crippen molar-refractivity contribution < 1.29 is 14.3 Å². The summed E-state index contributed by atoms with van der Waals surface area (Å²) >= 11 is 0. The molecule has 2 aliphatic heterocycles. The Hall–Kier alpha value is -2.76. The third-order valence-corrected chi connectivity index (χ3v) is 8.05. The van der Waals surface area contributed by atoms with Gasteiger partial charge < -0.3 is 20.3 Å². The van der Waals surface area contributed by atoms with Crippen LogP contribution in [0.1, 0.15) is 70.9 Å². The van der Waals surface area contributed by atoms with Gasteiger partial charge in [0.05, 0.1) is 12.0 Å². The minimum Gasteiger partial charge on any atom is -0.444 e. The second kappa shape index (κ2) is 9.71. The second-order valence-corrected chi connectivity index (χ2v) is 11.5. The van der Waals surface area contributed by atoms with Crippen molar-refractivity contribution in [1.29, 1.82) is 0 Å². The minimum absolute atomic E-state index is 0.0772. The van der Waals surface area contributed by atoms with Gasteiger partial charge in [0, 0.05) is 36.2 Å². The van der Waals surface area contributed by atoms with Crippen molar-refractivity contribution in [2.45, 2.75) is 83.0 Å². The van der Waals surface area contributed by atoms with E-state index in [0.717, 1.165) is 50.8 Å². The minimum atomic E-state index is -0.559. The largest absolute Gasteiger partial charge is 0.444 e. The van der Waals surface area contributed by atoms with Gasteiger partial charge in [0.15, 0.2) is 0 Å². The molecule has 6 atom stereocenters. The zero-order valence-electron chi connectivity index (χ0n) is 21.2. The van der Waals surface area contributed by atoms with Crippen LogP contribution in [0.25, 0.3) is 0 Å². The van der Waals surface area contributed by atoms with Crippen LogP contribution in [0.3, 0.4) is 0 Å². The number of benzene rings is 1. The summed E-state index contributed by atoms with van der Waals surface area (Å²) in [5, 5.41) is 6.88. The molecule has 35 heavy (non-hydrogen) atoms. The molecule has 5 rings (SSSR count). The first-order chi connectivity index (χ1) is 16.8. The molecule has 1 saturated carbocycles. The van der Waals surface area contributed by atoms with E-state index in [4.69, 9.17) is 4.74 Å². The second-order valence-electron chi connectivity index (χ2n) is 11.5. The lowest BCUT2D eigenvalue weighted by Gasteiger charge is -2.44. The first kappa shape index (κ1) is 24.0. The molecule has 6 nitrogen and oxygen atoms in total. The molecule has 6 heteroatoms. The molecule has 4 aliphatic rings. The number of nitrogens with zero attached hydrogens (tertiary/aromatic N) is 1. The summed E-state index contributed by atoms with van der Waals surface area (Å²) in [4.78, 5) is 28.8. The van der Waals surface area contributed by atoms with E-state index in [-0.39, 0.29) is 23.9 Å². The molecule has 2 heterocycles. The maximum Gasteiger partial charge on any atom is 0.407 e. The average Bonchev–Trinajstić information content (AvgIpc) is 3.28. The average molecular weight is 478 g/mol. The van der Waals surface area contributed by atoms with Gasteiger partial charge in [-0.2, -0.15) is 0 Å². The van der Waals surface area contributed by atoms with Crippen LogP contribution in [0.4, 0.5) is 10.5 Å². The molecule has 2 aliphatic carbocycles. The van der Waals surface area contributed by atoms with Crippen LogP contribution >= 0.6 is 0 Å². The van der Waals surface area contributed by atoms with Gasteiger partial charge >= 0.3 is 6.09 Å². The van der Waals surface area contributed by atoms with Gasteiger partial charge in [-0.25, -0.2) is 4.79 Å². The molecule has 2 N–H and O–H groups in total. The molecule has 0 radical (unpaired) electrons. The van der Waals surface area contributed by atoms with E-state index in [0.29, 0.717) is 17.9 Å². The van der Waals surface area contributed by atoms with Gasteiger partial charge in [-0.3, -0.25) is 4.79 Å². The molecule has 1 aromatic rings. The van der Waals surface area contributed by atoms with Crippen LogP contribution in [-0.2, 0) is 9.53 Å². The summed E-state index contributed by atoms with van der Waals surface area (Å²) in [6, 6.07) is 8.68. The molecule has 1 unspecified atom stereocenters. The molecule has 0 bridgehead atoms. The van der Waals surface area contributed by atoms with Crippen molar-refractivity contribution in [2.75, 3.05) is 11.9 Å². The number of rotatable bonds is 3. The van der Waals surface area contributed by atoms with Crippen molar-refractivity contribution in [1.82, 2.24) is 10.2 Å². The summed E-state index contributed by atoms with van der Waals surface area (Å²) in [5.74, 6) is 0.781. The fraction of sp³-hybridized carbons (Fsp3) is 0.586. The van der Waals surface area contributed by atoms with E-state index in [1.807, 2.05) is 20.8 Å². The monoisotopic (exact) mass is 477 g/mol. The number of carbonyl (C=O) groups is 2. The van der Waals surface area contributed by atoms with Gasteiger partial charge in [0.25, 0.3) is 0 Å². The Morgan fingerprint density at radius 2 is 1.89 bits per heavy atom. The van der Waals surface area contributed by atoms with Gasteiger partial charge in [0.1, 0.15) is 5.60 Å². The van der Waals surface area contributed by atoms with E-state index >= 15 is 0 Å². The van der Waals surface area contributed by atoms with Crippen molar-refractivity contribution in [3.63, 3.8) is 0 Å². The first-order valence-electron chi connectivity index (χ1n) is 13.3. The van der Waals surface area contributed by atoms with Crippen LogP contribution in [0.15, 0.2) is 48.6 Å². The third-order valence-electron chi connectivity index (χ3n) is 8.05. The third kappa shape index (κ3) is 4.98. The predicted octanol–water partition coefficient (Wildman–Crippen LogP) is 5.59. The van der Waals surface area contributed by atoms with Gasteiger partial charge in [-0.1, -0.05) is 55.3 Å². The Balaban J connectivity index is 1.38. The number of likely N-dealkylation sites (tertiary alicyclic amines) is 1. The van der Waals surface area contributed by atoms with Crippen molar-refractivity contribution in [3.05, 3.63) is 54.1 Å². The zero-order valence-corrected chi connectivity index (χ0v) is 21.2. The van der Waals surface area contributed by atoms with Crippen LogP contribution in [-0.4, -0.2) is 41.1 Å². The van der Waals surface area contributed by atoms with E-state index in [9.17, 15) is 9.59 Å². The van der Waals surface area contributed by atoms with E-state index in [2.05, 4.69) is 64.1 Å². The molecule has 1 saturated heterocycles. The predicted molar refractivity (Wildman–Crippen MR) is 138 cm³/mol. The molecule has 2 fully saturated rings. The van der Waals surface area contributed by atoms with Crippen molar-refractivity contribution in [3.8, 4) is 0 Å². The fourth-order valence-corrected chi connectivity index (χ4v) is 6.57. The Labute approximate surface area is 209 Å². The number of amides is 2. The molecule has 0 spiro atoms. The zero-order chi connectivity index (χ0) is 24.6. The van der Waals surface area contributed by atoms with Crippen LogP contribution in [0.2, 0.25) is 0 Å². The normalized spacial score (nSPS) is 31.8. The van der Waals surface area contributed by atoms with E-state index < -0.39 is 11.7 Å². The highest BCUT2D eigenvalue weighted by molar-refractivity contribution is 5.82. The lowest BCUT2D eigenvalue weighted by molar-refractivity contribution is -0.139. The Kier molecular flexibility index (Phi) is 6.65.